The Morgan fingerprint density at radius 3 is 0.932 bits per heavy atom. The fourth-order valence-electron chi connectivity index (χ4n) is 14.4. The molecule has 28 nitrogen and oxygen atoms in total. The summed E-state index contributed by atoms with van der Waals surface area (Å²) in [5.74, 6) is -4.18. The molecule has 0 bridgehead atoms. The van der Waals surface area contributed by atoms with Crippen molar-refractivity contribution >= 4 is 265 Å². The summed E-state index contributed by atoms with van der Waals surface area (Å²) in [5, 5.41) is 99.4. The van der Waals surface area contributed by atoms with Crippen LogP contribution >= 0.6 is 138 Å². The smallest absolute Gasteiger partial charge is 0.418 e. The van der Waals surface area contributed by atoms with Gasteiger partial charge in [0.1, 0.15) is 40.6 Å². The molecule has 0 aliphatic carbocycles. The number of hydrogen-bond acceptors (Lipinski definition) is 28. The Balaban J connectivity index is 0.000000147. The van der Waals surface area contributed by atoms with E-state index in [1.165, 1.54) is 111 Å². The molecule has 0 aliphatic heterocycles. The normalized spacial score (nSPS) is 11.1. The second kappa shape index (κ2) is 47.8. The molecule has 18 aromatic rings. The van der Waals surface area contributed by atoms with Gasteiger partial charge in [0, 0.05) is 47.8 Å². The molecule has 0 spiro atoms. The summed E-state index contributed by atoms with van der Waals surface area (Å²) in [7, 11) is 7.75. The molecule has 0 saturated heterocycles. The average molecular weight is 2210 g/mol. The number of nitrogens with one attached hydrogen (secondary N) is 6. The van der Waals surface area contributed by atoms with Crippen molar-refractivity contribution in [3.05, 3.63) is 312 Å². The number of nitrogens with zero attached hydrogens (tertiary/aromatic N) is 9. The topological polar surface area (TPSA) is 424 Å². The number of carbonyl (C=O) groups excluding carboxylic acids is 6. The summed E-state index contributed by atoms with van der Waals surface area (Å²) in [5.41, 5.74) is 11.7. The molecule has 752 valence electrons. The Hall–Kier alpha value is -13.5. The second-order valence-corrected chi connectivity index (χ2v) is 42.5. The predicted octanol–water partition coefficient (Wildman–Crippen LogP) is 26.9. The Morgan fingerprint density at radius 2 is 0.616 bits per heavy atom. The van der Waals surface area contributed by atoms with Crippen LogP contribution in [0.15, 0.2) is 176 Å². The van der Waals surface area contributed by atoms with Crippen molar-refractivity contribution in [2.45, 2.75) is 87.6 Å². The van der Waals surface area contributed by atoms with Crippen LogP contribution in [0.5, 0.6) is 34.5 Å². The van der Waals surface area contributed by atoms with Crippen molar-refractivity contribution in [3.8, 4) is 40.6 Å². The number of aromatic hydroxyl groups is 6. The fourth-order valence-corrected chi connectivity index (χ4v) is 21.6. The molecule has 43 heteroatoms. The quantitative estimate of drug-likeness (QED) is 0.0357. The van der Waals surface area contributed by atoms with E-state index in [4.69, 9.17) is 74.9 Å². The van der Waals surface area contributed by atoms with Crippen LogP contribution in [0.25, 0.3) is 61.3 Å². The molecule has 0 fully saturated rings. The summed E-state index contributed by atoms with van der Waals surface area (Å²) in [6, 6.07) is 51.3. The molecule has 12 aromatic carbocycles. The van der Waals surface area contributed by atoms with Crippen LogP contribution < -0.4 is 31.9 Å². The standard InChI is InChI=1S/C20H22ClN3O2S.C18H18ClN3O2S.C17H12ClF3N2O2S.C16H10ClN3O2S.C16H13ClN2O3S.C16H13ClN2O2S/c1-12-6-7-16-17(9-12)27-20(22-16)23-19(26)15-11-14(21)10-13(18(15)25)5-4-8-24(2)3;1-10-4-5-14-15(6-10)25-18(20-14)21-17(24)13-8-12(19)7-11(16(13)23)9-22(2)3;1-7-3-11(17(19,20)21)13-12(4-7)26-16(22-13)23-15(25)10-6-9(18)5-8(2)14(10)24;1-8-2-3-12-13(4-8)23-16(19-12)20-15(22)11-6-10(17)5-9(7-18)14(11)21;1-8-2-3-12-13(4-8)23-16(18-12)19-15(22)11-6-10(17)5-9(7-20)14(11)21;1-8-3-4-12-13(5-8)22-16(18-12)19-15(21)11-7-10(17)6-9(2)14(11)20/h6-7,9-11,25H,4-5,8H2,1-3H3,(H,22,23,26);4-8,23H,9H2,1-3H3,(H,20,21,24);3-6,24H,1-2H3,(H,22,23,25);2-6,21H,1H3,(H,19,20,22);2-6,20-21H,7H2,1H3,(H,18,19,22);3-7,20H,1-2H3,(H,18,19,21). The van der Waals surface area contributed by atoms with Gasteiger partial charge >= 0.3 is 6.18 Å². The summed E-state index contributed by atoms with van der Waals surface area (Å²) in [4.78, 5) is 104. The summed E-state index contributed by atoms with van der Waals surface area (Å²) >= 11 is 43.7. The van der Waals surface area contributed by atoms with E-state index < -0.39 is 59.5 Å². The van der Waals surface area contributed by atoms with Gasteiger partial charge in [-0.05, 0) is 299 Å². The van der Waals surface area contributed by atoms with Crippen LogP contribution in [0, 0.1) is 66.7 Å². The number of amides is 6. The minimum Gasteiger partial charge on any atom is -0.507 e. The molecule has 6 amide bonds. The van der Waals surface area contributed by atoms with Crippen LogP contribution in [0.2, 0.25) is 30.1 Å². The maximum absolute atomic E-state index is 13.2. The van der Waals surface area contributed by atoms with E-state index in [0.717, 1.165) is 109 Å². The van der Waals surface area contributed by atoms with Gasteiger partial charge in [-0.15, -0.1) is 0 Å². The highest BCUT2D eigenvalue weighted by molar-refractivity contribution is 7.24. The fraction of sp³-hybridized carbons (Fsp3) is 0.175. The number of rotatable bonds is 19. The number of halogens is 9. The van der Waals surface area contributed by atoms with Crippen LogP contribution in [-0.4, -0.2) is 146 Å². The number of nitriles is 1. The SMILES string of the molecule is Cc1cc(C(F)(F)F)c2nc(NC(=O)c3cc(Cl)cc(C)c3O)sc2c1.Cc1ccc2nc(NC(=O)c3cc(Cl)cc(C#N)c3O)sc2c1.Cc1ccc2nc(NC(=O)c3cc(Cl)cc(C)c3O)sc2c1.Cc1ccc2nc(NC(=O)c3cc(Cl)cc(CCCN(C)C)c3O)sc2c1.Cc1ccc2nc(NC(=O)c3cc(Cl)cc(CN(C)C)c3O)sc2c1.Cc1ccc2nc(NC(=O)c3cc(Cl)cc(CO)c3O)sc2c1. The first-order valence-electron chi connectivity index (χ1n) is 43.7. The number of aryl methyl sites for hydroxylation is 9. The number of phenols is 6. The highest BCUT2D eigenvalue weighted by atomic mass is 35.5. The van der Waals surface area contributed by atoms with E-state index in [0.29, 0.717) is 86.2 Å². The van der Waals surface area contributed by atoms with E-state index in [1.54, 1.807) is 51.1 Å². The van der Waals surface area contributed by atoms with Gasteiger partial charge in [0.2, 0.25) is 0 Å². The molecule has 18 rings (SSSR count). The first kappa shape index (κ1) is 110. The Kier molecular flexibility index (Phi) is 35.9. The van der Waals surface area contributed by atoms with Gasteiger partial charge in [-0.1, -0.05) is 168 Å². The zero-order valence-electron chi connectivity index (χ0n) is 79.2. The maximum Gasteiger partial charge on any atom is 0.418 e. The molecule has 6 heterocycles. The largest absolute Gasteiger partial charge is 0.507 e. The number of thiazole rings is 6. The zero-order chi connectivity index (χ0) is 106. The van der Waals surface area contributed by atoms with E-state index in [9.17, 15) is 77.7 Å². The van der Waals surface area contributed by atoms with E-state index in [1.807, 2.05) is 159 Å². The number of hydrogen-bond donors (Lipinski definition) is 13. The molecule has 0 atom stereocenters. The van der Waals surface area contributed by atoms with Crippen molar-refractivity contribution in [2.24, 2.45) is 0 Å². The first-order valence-corrected chi connectivity index (χ1v) is 50.9. The van der Waals surface area contributed by atoms with Crippen molar-refractivity contribution in [3.63, 3.8) is 0 Å². The van der Waals surface area contributed by atoms with Gasteiger partial charge < -0.3 is 45.5 Å². The number of anilines is 6. The third kappa shape index (κ3) is 28.0. The highest BCUT2D eigenvalue weighted by Crippen LogP contribution is 2.43. The Bertz CT molecular complexity index is 8170. The Morgan fingerprint density at radius 1 is 0.342 bits per heavy atom. The van der Waals surface area contributed by atoms with E-state index in [-0.39, 0.29) is 99.0 Å². The number of alkyl halides is 3. The van der Waals surface area contributed by atoms with Crippen molar-refractivity contribution in [1.29, 1.82) is 5.26 Å². The number of aliphatic hydroxyl groups excluding tert-OH is 1. The van der Waals surface area contributed by atoms with Crippen LogP contribution in [0.4, 0.5) is 44.0 Å². The lowest BCUT2D eigenvalue weighted by molar-refractivity contribution is -0.136. The number of phenolic OH excluding ortho intramolecular Hbond substituents is 5. The van der Waals surface area contributed by atoms with E-state index >= 15 is 0 Å². The second-order valence-electron chi connectivity index (χ2n) is 33.7. The first-order chi connectivity index (χ1) is 69.1. The molecule has 146 heavy (non-hydrogen) atoms. The minimum absolute atomic E-state index is 0.00173. The van der Waals surface area contributed by atoms with Gasteiger partial charge in [0.05, 0.1) is 112 Å². The monoisotopic (exact) mass is 2200 g/mol. The summed E-state index contributed by atoms with van der Waals surface area (Å²) in [6.45, 7) is 15.8. The van der Waals surface area contributed by atoms with Gasteiger partial charge in [0.25, 0.3) is 35.4 Å². The number of carbonyl (C=O) groups is 6. The number of aliphatic hydroxyl groups is 1. The van der Waals surface area contributed by atoms with Gasteiger partial charge in [-0.25, -0.2) is 29.9 Å². The molecule has 0 aliphatic rings. The molecular weight excluding hydrogens is 2120 g/mol. The van der Waals surface area contributed by atoms with Crippen molar-refractivity contribution in [2.75, 3.05) is 66.6 Å². The molecule has 0 unspecified atom stereocenters. The molecule has 0 saturated carbocycles. The third-order valence-corrected chi connectivity index (χ3v) is 28.2. The maximum atomic E-state index is 13.2. The third-order valence-electron chi connectivity index (χ3n) is 21.3. The molecule has 6 aromatic heterocycles. The molecular formula is C103H88Cl6F3N15O13S6. The molecule has 13 N–H and O–H groups in total. The van der Waals surface area contributed by atoms with Crippen LogP contribution in [0.1, 0.15) is 141 Å². The van der Waals surface area contributed by atoms with E-state index in [2.05, 4.69) is 66.7 Å². The number of aromatic nitrogens is 6. The van der Waals surface area contributed by atoms with Crippen LogP contribution in [-0.2, 0) is 25.7 Å². The summed E-state index contributed by atoms with van der Waals surface area (Å²) < 4.78 is 44.8. The van der Waals surface area contributed by atoms with Crippen molar-refractivity contribution in [1.82, 2.24) is 39.7 Å². The highest BCUT2D eigenvalue weighted by Gasteiger charge is 2.35. The lowest BCUT2D eigenvalue weighted by atomic mass is 10.0. The minimum atomic E-state index is -4.55. The zero-order valence-corrected chi connectivity index (χ0v) is 88.7. The van der Waals surface area contributed by atoms with Gasteiger partial charge in [-0.3, -0.25) is 60.7 Å². The number of fused-ring (bicyclic) bond motifs is 6. The average Bonchev–Trinajstić information content (AvgIpc) is 1.68. The van der Waals surface area contributed by atoms with Gasteiger partial charge in [-0.2, -0.15) is 18.4 Å². The van der Waals surface area contributed by atoms with Crippen LogP contribution in [0.3, 0.4) is 0 Å². The number of benzene rings is 12. The predicted molar refractivity (Wildman–Crippen MR) is 582 cm³/mol. The van der Waals surface area contributed by atoms with Gasteiger partial charge in [0.15, 0.2) is 30.8 Å². The lowest BCUT2D eigenvalue weighted by Crippen LogP contribution is -2.15. The Labute approximate surface area is 887 Å². The lowest BCUT2D eigenvalue weighted by Gasteiger charge is -2.14. The summed E-state index contributed by atoms with van der Waals surface area (Å²) in [6.07, 6.45) is -3.05. The molecule has 0 radical (unpaired) electrons. The van der Waals surface area contributed by atoms with Crippen molar-refractivity contribution < 1.29 is 77.7 Å².